The molecule has 1 N–H and O–H groups in total. The number of rotatable bonds is 5. The van der Waals surface area contributed by atoms with Crippen LogP contribution >= 0.6 is 0 Å². The fourth-order valence-electron chi connectivity index (χ4n) is 1.71. The second-order valence-electron chi connectivity index (χ2n) is 3.96. The van der Waals surface area contributed by atoms with Crippen LogP contribution in [0.5, 0.6) is 11.5 Å². The smallest absolute Gasteiger partial charge is 0.338 e. The first-order valence-corrected chi connectivity index (χ1v) is 6.12. The highest BCUT2D eigenvalue weighted by Crippen LogP contribution is 2.37. The van der Waals surface area contributed by atoms with Crippen molar-refractivity contribution < 1.29 is 19.0 Å². The Morgan fingerprint density at radius 1 is 1.04 bits per heavy atom. The molecule has 0 radical (unpaired) electrons. The molecule has 0 aliphatic rings. The van der Waals surface area contributed by atoms with Gasteiger partial charge in [0.2, 0.25) is 0 Å². The highest BCUT2D eigenvalue weighted by molar-refractivity contribution is 5.92. The van der Waals surface area contributed by atoms with Crippen LogP contribution in [0.1, 0.15) is 10.4 Å². The van der Waals surface area contributed by atoms with Crippen molar-refractivity contribution >= 4 is 11.7 Å². The molecule has 1 aromatic carbocycles. The number of ether oxygens (including phenoxy) is 3. The molecule has 0 aromatic heterocycles. The molecule has 8 heteroatoms. The van der Waals surface area contributed by atoms with E-state index in [4.69, 9.17) is 25.3 Å². The fraction of sp³-hybridized carbons (Fsp3) is 0.200. The maximum atomic E-state index is 11.7. The zero-order valence-corrected chi connectivity index (χ0v) is 12.6. The Bertz CT molecular complexity index is 762. The van der Waals surface area contributed by atoms with E-state index in [0.29, 0.717) is 0 Å². The van der Waals surface area contributed by atoms with Gasteiger partial charge in [-0.3, -0.25) is 0 Å². The summed E-state index contributed by atoms with van der Waals surface area (Å²) in [5, 5.41) is 29.4. The van der Waals surface area contributed by atoms with Gasteiger partial charge in [-0.05, 0) is 12.1 Å². The van der Waals surface area contributed by atoms with Crippen LogP contribution in [0.15, 0.2) is 23.4 Å². The number of methoxy groups -OCH3 is 3. The molecule has 0 saturated heterocycles. The van der Waals surface area contributed by atoms with E-state index in [2.05, 4.69) is 10.1 Å². The Labute approximate surface area is 132 Å². The summed E-state index contributed by atoms with van der Waals surface area (Å²) in [6.07, 6.45) is 0. The van der Waals surface area contributed by atoms with Crippen molar-refractivity contribution in [2.75, 3.05) is 26.6 Å². The largest absolute Gasteiger partial charge is 0.493 e. The lowest BCUT2D eigenvalue weighted by Gasteiger charge is -2.15. The third-order valence-electron chi connectivity index (χ3n) is 2.75. The molecule has 0 heterocycles. The topological polar surface area (TPSA) is 128 Å². The minimum absolute atomic E-state index is 0.139. The molecule has 0 fully saturated rings. The van der Waals surface area contributed by atoms with E-state index in [0.717, 1.165) is 0 Å². The van der Waals surface area contributed by atoms with Crippen LogP contribution in [0, 0.1) is 34.0 Å². The molecule has 116 valence electrons. The van der Waals surface area contributed by atoms with E-state index in [9.17, 15) is 4.79 Å². The van der Waals surface area contributed by atoms with Crippen LogP contribution < -0.4 is 14.8 Å². The second kappa shape index (κ2) is 7.92. The minimum atomic E-state index is -0.628. The summed E-state index contributed by atoms with van der Waals surface area (Å²) in [5.74, 6) is -0.217. The molecule has 0 aliphatic heterocycles. The number of nitrogens with zero attached hydrogens (tertiary/aromatic N) is 3. The summed E-state index contributed by atoms with van der Waals surface area (Å²) in [5.41, 5.74) is -0.374. The molecule has 0 spiro atoms. The lowest BCUT2D eigenvalue weighted by Crippen LogP contribution is -2.07. The van der Waals surface area contributed by atoms with E-state index in [1.165, 1.54) is 33.5 Å². The number of esters is 1. The zero-order valence-electron chi connectivity index (χ0n) is 12.6. The van der Waals surface area contributed by atoms with E-state index < -0.39 is 11.5 Å². The highest BCUT2D eigenvalue weighted by Gasteiger charge is 2.18. The maximum Gasteiger partial charge on any atom is 0.338 e. The van der Waals surface area contributed by atoms with Crippen molar-refractivity contribution in [3.05, 3.63) is 29.0 Å². The van der Waals surface area contributed by atoms with Crippen molar-refractivity contribution in [3.8, 4) is 29.7 Å². The van der Waals surface area contributed by atoms with Crippen LogP contribution in [-0.2, 0) is 4.74 Å². The Hall–Kier alpha value is -3.70. The standard InChI is InChI=1S/C15H12N4O4/c1-21-13-5-9(15(20)23-3)4-11(14(13)22-2)19-12(8-18)10(6-16)7-17/h4-5,19H,1-3H3. The lowest BCUT2D eigenvalue weighted by molar-refractivity contribution is 0.0600. The second-order valence-corrected chi connectivity index (χ2v) is 3.96. The summed E-state index contributed by atoms with van der Waals surface area (Å²) >= 11 is 0. The summed E-state index contributed by atoms with van der Waals surface area (Å²) in [4.78, 5) is 11.7. The summed E-state index contributed by atoms with van der Waals surface area (Å²) in [7, 11) is 3.96. The van der Waals surface area contributed by atoms with Gasteiger partial charge in [0.25, 0.3) is 0 Å². The Morgan fingerprint density at radius 3 is 2.13 bits per heavy atom. The molecule has 1 rings (SSSR count). The summed E-state index contributed by atoms with van der Waals surface area (Å²) < 4.78 is 15.0. The fourth-order valence-corrected chi connectivity index (χ4v) is 1.71. The number of nitrogens with one attached hydrogen (secondary N) is 1. The Balaban J connectivity index is 3.54. The molecule has 0 aliphatic carbocycles. The maximum absolute atomic E-state index is 11.7. The number of anilines is 1. The average Bonchev–Trinajstić information content (AvgIpc) is 2.59. The Kier molecular flexibility index (Phi) is 5.97. The predicted molar refractivity (Wildman–Crippen MR) is 78.4 cm³/mol. The third kappa shape index (κ3) is 3.69. The molecule has 0 amide bonds. The Morgan fingerprint density at radius 2 is 1.70 bits per heavy atom. The molecule has 8 nitrogen and oxygen atoms in total. The average molecular weight is 312 g/mol. The molecule has 0 unspecified atom stereocenters. The van der Waals surface area contributed by atoms with E-state index in [-0.39, 0.29) is 28.4 Å². The normalized spacial score (nSPS) is 8.70. The number of hydrogen-bond donors (Lipinski definition) is 1. The number of benzene rings is 1. The van der Waals surface area contributed by atoms with Gasteiger partial charge in [-0.1, -0.05) is 0 Å². The number of carbonyl (C=O) groups excluding carboxylic acids is 1. The molecule has 1 aromatic rings. The van der Waals surface area contributed by atoms with Gasteiger partial charge in [-0.15, -0.1) is 0 Å². The van der Waals surface area contributed by atoms with Crippen molar-refractivity contribution in [2.24, 2.45) is 0 Å². The van der Waals surface area contributed by atoms with E-state index >= 15 is 0 Å². The van der Waals surface area contributed by atoms with Gasteiger partial charge >= 0.3 is 5.97 Å². The molecular weight excluding hydrogens is 300 g/mol. The molecular formula is C15H12N4O4. The van der Waals surface area contributed by atoms with E-state index in [1.54, 1.807) is 18.2 Å². The zero-order chi connectivity index (χ0) is 17.4. The molecule has 0 saturated carbocycles. The summed E-state index contributed by atoms with van der Waals surface area (Å²) in [6.45, 7) is 0. The third-order valence-corrected chi connectivity index (χ3v) is 2.75. The van der Waals surface area contributed by atoms with Crippen molar-refractivity contribution in [1.29, 1.82) is 15.8 Å². The SMILES string of the molecule is COC(=O)c1cc(NC(C#N)=C(C#N)C#N)c(OC)c(OC)c1. The first-order valence-electron chi connectivity index (χ1n) is 6.12. The van der Waals surface area contributed by atoms with Crippen LogP contribution in [0.25, 0.3) is 0 Å². The monoisotopic (exact) mass is 312 g/mol. The van der Waals surface area contributed by atoms with Crippen molar-refractivity contribution in [2.45, 2.75) is 0 Å². The molecule has 0 atom stereocenters. The highest BCUT2D eigenvalue weighted by atomic mass is 16.5. The first kappa shape index (κ1) is 17.4. The molecule has 23 heavy (non-hydrogen) atoms. The van der Waals surface area contributed by atoms with Crippen LogP contribution in [0.2, 0.25) is 0 Å². The van der Waals surface area contributed by atoms with Gasteiger partial charge in [0.1, 0.15) is 23.9 Å². The van der Waals surface area contributed by atoms with Gasteiger partial charge in [-0.2, -0.15) is 15.8 Å². The van der Waals surface area contributed by atoms with Crippen molar-refractivity contribution in [1.82, 2.24) is 0 Å². The van der Waals surface area contributed by atoms with E-state index in [1.807, 2.05) is 0 Å². The quantitative estimate of drug-likeness (QED) is 0.643. The van der Waals surface area contributed by atoms with Crippen LogP contribution in [0.3, 0.4) is 0 Å². The number of carbonyl (C=O) groups is 1. The van der Waals surface area contributed by atoms with Gasteiger partial charge < -0.3 is 19.5 Å². The van der Waals surface area contributed by atoms with Gasteiger partial charge in [0.05, 0.1) is 32.6 Å². The predicted octanol–water partition coefficient (Wildman–Crippen LogP) is 1.73. The van der Waals surface area contributed by atoms with Gasteiger partial charge in [0.15, 0.2) is 17.1 Å². The minimum Gasteiger partial charge on any atom is -0.493 e. The van der Waals surface area contributed by atoms with Gasteiger partial charge in [0, 0.05) is 0 Å². The van der Waals surface area contributed by atoms with Crippen LogP contribution in [-0.4, -0.2) is 27.3 Å². The number of allylic oxidation sites excluding steroid dienone is 2. The number of hydrogen-bond acceptors (Lipinski definition) is 8. The van der Waals surface area contributed by atoms with Crippen molar-refractivity contribution in [3.63, 3.8) is 0 Å². The lowest BCUT2D eigenvalue weighted by atomic mass is 10.1. The number of nitriles is 3. The molecule has 0 bridgehead atoms. The summed E-state index contributed by atoms with van der Waals surface area (Å²) in [6, 6.07) is 7.69. The first-order chi connectivity index (χ1) is 11.1. The van der Waals surface area contributed by atoms with Crippen LogP contribution in [0.4, 0.5) is 5.69 Å². The van der Waals surface area contributed by atoms with Gasteiger partial charge in [-0.25, -0.2) is 4.79 Å².